The third-order valence-corrected chi connectivity index (χ3v) is 3.48. The molecule has 0 bridgehead atoms. The smallest absolute Gasteiger partial charge is 0.310 e. The molecule has 22 heavy (non-hydrogen) atoms. The molecule has 114 valence electrons. The van der Waals surface area contributed by atoms with Gasteiger partial charge in [0.15, 0.2) is 0 Å². The first-order chi connectivity index (χ1) is 10.5. The fourth-order valence-electron chi connectivity index (χ4n) is 2.26. The number of para-hydroxylation sites is 1. The van der Waals surface area contributed by atoms with Crippen molar-refractivity contribution in [2.75, 3.05) is 0 Å². The Morgan fingerprint density at radius 3 is 2.50 bits per heavy atom. The van der Waals surface area contributed by atoms with Crippen LogP contribution in [0.1, 0.15) is 29.7 Å². The largest absolute Gasteiger partial charge is 0.457 e. The van der Waals surface area contributed by atoms with Crippen molar-refractivity contribution >= 4 is 11.7 Å². The molecule has 2 aromatic rings. The van der Waals surface area contributed by atoms with Crippen LogP contribution in [0, 0.1) is 17.0 Å². The summed E-state index contributed by atoms with van der Waals surface area (Å²) in [5.41, 5.74) is 2.25. The van der Waals surface area contributed by atoms with Crippen molar-refractivity contribution in [2.45, 2.75) is 26.4 Å². The number of ether oxygens (including phenoxy) is 1. The lowest BCUT2D eigenvalue weighted by Crippen LogP contribution is -2.13. The predicted octanol–water partition coefficient (Wildman–Crippen LogP) is 3.75. The van der Waals surface area contributed by atoms with Crippen molar-refractivity contribution in [1.29, 1.82) is 0 Å². The van der Waals surface area contributed by atoms with E-state index >= 15 is 0 Å². The third kappa shape index (κ3) is 3.69. The van der Waals surface area contributed by atoms with Gasteiger partial charge in [-0.25, -0.2) is 0 Å². The fraction of sp³-hybridized carbons (Fsp3) is 0.235. The number of nitrogens with zero attached hydrogens (tertiary/aromatic N) is 1. The van der Waals surface area contributed by atoms with Gasteiger partial charge in [0, 0.05) is 6.07 Å². The van der Waals surface area contributed by atoms with E-state index < -0.39 is 17.0 Å². The van der Waals surface area contributed by atoms with Crippen LogP contribution in [0.5, 0.6) is 0 Å². The Morgan fingerprint density at radius 2 is 1.82 bits per heavy atom. The summed E-state index contributed by atoms with van der Waals surface area (Å²) in [6.45, 7) is 3.56. The fourth-order valence-corrected chi connectivity index (χ4v) is 2.26. The van der Waals surface area contributed by atoms with Crippen LogP contribution in [0.25, 0.3) is 0 Å². The maximum absolute atomic E-state index is 12.0. The van der Waals surface area contributed by atoms with Gasteiger partial charge in [0.05, 0.1) is 16.9 Å². The summed E-state index contributed by atoms with van der Waals surface area (Å²) < 4.78 is 5.34. The van der Waals surface area contributed by atoms with Gasteiger partial charge in [-0.2, -0.15) is 0 Å². The van der Waals surface area contributed by atoms with Gasteiger partial charge in [-0.1, -0.05) is 36.4 Å². The van der Waals surface area contributed by atoms with E-state index in [1.54, 1.807) is 25.1 Å². The molecule has 2 rings (SSSR count). The molecule has 0 spiro atoms. The number of carbonyl (C=O) groups excluding carboxylic acids is 1. The Bertz CT molecular complexity index is 697. The molecule has 2 aromatic carbocycles. The zero-order chi connectivity index (χ0) is 16.1. The molecule has 0 aromatic heterocycles. The Hall–Kier alpha value is -2.69. The highest BCUT2D eigenvalue weighted by Gasteiger charge is 2.21. The number of rotatable bonds is 5. The quantitative estimate of drug-likeness (QED) is 0.479. The summed E-state index contributed by atoms with van der Waals surface area (Å²) in [6.07, 6.45) is -0.518. The Morgan fingerprint density at radius 1 is 1.18 bits per heavy atom. The summed E-state index contributed by atoms with van der Waals surface area (Å²) in [5.74, 6) is -0.403. The van der Waals surface area contributed by atoms with E-state index in [1.165, 1.54) is 6.07 Å². The summed E-state index contributed by atoms with van der Waals surface area (Å²) in [7, 11) is 0. The van der Waals surface area contributed by atoms with E-state index in [9.17, 15) is 14.9 Å². The molecular formula is C17H17NO4. The van der Waals surface area contributed by atoms with Crippen molar-refractivity contribution in [3.63, 3.8) is 0 Å². The molecule has 5 nitrogen and oxygen atoms in total. The number of nitro benzene ring substituents is 1. The first-order valence-corrected chi connectivity index (χ1v) is 6.96. The van der Waals surface area contributed by atoms with Gasteiger partial charge in [0.2, 0.25) is 0 Å². The number of hydrogen-bond donors (Lipinski definition) is 0. The number of benzene rings is 2. The molecule has 0 aliphatic rings. The molecule has 0 saturated heterocycles. The van der Waals surface area contributed by atoms with Gasteiger partial charge in [-0.15, -0.1) is 0 Å². The van der Waals surface area contributed by atoms with Crippen LogP contribution in [-0.2, 0) is 16.0 Å². The zero-order valence-electron chi connectivity index (χ0n) is 12.5. The van der Waals surface area contributed by atoms with E-state index in [0.717, 1.165) is 11.1 Å². The van der Waals surface area contributed by atoms with Crippen molar-refractivity contribution in [3.05, 3.63) is 75.3 Å². The number of aryl methyl sites for hydroxylation is 1. The molecule has 0 radical (unpaired) electrons. The van der Waals surface area contributed by atoms with E-state index in [0.29, 0.717) is 5.56 Å². The van der Waals surface area contributed by atoms with Crippen LogP contribution < -0.4 is 0 Å². The minimum Gasteiger partial charge on any atom is -0.457 e. The lowest BCUT2D eigenvalue weighted by Gasteiger charge is -2.14. The highest BCUT2D eigenvalue weighted by Crippen LogP contribution is 2.27. The molecular weight excluding hydrogens is 282 g/mol. The summed E-state index contributed by atoms with van der Waals surface area (Å²) in [5, 5.41) is 11.0. The topological polar surface area (TPSA) is 69.4 Å². The summed E-state index contributed by atoms with van der Waals surface area (Å²) >= 11 is 0. The van der Waals surface area contributed by atoms with Gasteiger partial charge in [0.25, 0.3) is 5.69 Å². The predicted molar refractivity (Wildman–Crippen MR) is 82.5 cm³/mol. The zero-order valence-corrected chi connectivity index (χ0v) is 12.5. The van der Waals surface area contributed by atoms with Gasteiger partial charge >= 0.3 is 5.97 Å². The second-order valence-electron chi connectivity index (χ2n) is 5.05. The monoisotopic (exact) mass is 299 g/mol. The second kappa shape index (κ2) is 6.85. The lowest BCUT2D eigenvalue weighted by molar-refractivity contribution is -0.386. The summed E-state index contributed by atoms with van der Waals surface area (Å²) in [4.78, 5) is 22.6. The van der Waals surface area contributed by atoms with Crippen LogP contribution in [0.4, 0.5) is 5.69 Å². The number of esters is 1. The second-order valence-corrected chi connectivity index (χ2v) is 5.05. The number of hydrogen-bond acceptors (Lipinski definition) is 4. The standard InChI is InChI=1S/C17H17NO4/c1-12-7-3-4-8-14(12)11-17(19)22-13(2)15-9-5-6-10-16(15)18(20)21/h3-10,13H,11H2,1-2H3. The van der Waals surface area contributed by atoms with Crippen LogP contribution >= 0.6 is 0 Å². The van der Waals surface area contributed by atoms with Crippen molar-refractivity contribution < 1.29 is 14.5 Å². The van der Waals surface area contributed by atoms with Crippen molar-refractivity contribution in [3.8, 4) is 0 Å². The molecule has 1 unspecified atom stereocenters. The Labute approximate surface area is 128 Å². The minimum absolute atomic E-state index is 0.0429. The molecule has 0 aliphatic carbocycles. The maximum Gasteiger partial charge on any atom is 0.310 e. The Kier molecular flexibility index (Phi) is 4.88. The average molecular weight is 299 g/mol. The molecule has 0 saturated carbocycles. The highest BCUT2D eigenvalue weighted by molar-refractivity contribution is 5.73. The Balaban J connectivity index is 2.09. The van der Waals surface area contributed by atoms with Gasteiger partial charge in [-0.3, -0.25) is 14.9 Å². The molecule has 0 heterocycles. The molecule has 0 fully saturated rings. The van der Waals surface area contributed by atoms with Gasteiger partial charge in [0.1, 0.15) is 6.10 Å². The molecule has 0 amide bonds. The first-order valence-electron chi connectivity index (χ1n) is 6.96. The molecule has 1 atom stereocenters. The highest BCUT2D eigenvalue weighted by atomic mass is 16.6. The van der Waals surface area contributed by atoms with Crippen LogP contribution in [0.15, 0.2) is 48.5 Å². The first kappa shape index (κ1) is 15.7. The normalized spacial score (nSPS) is 11.7. The maximum atomic E-state index is 12.0. The van der Waals surface area contributed by atoms with Crippen LogP contribution in [-0.4, -0.2) is 10.9 Å². The molecule has 0 aliphatic heterocycles. The minimum atomic E-state index is -0.668. The van der Waals surface area contributed by atoms with Crippen LogP contribution in [0.3, 0.4) is 0 Å². The van der Waals surface area contributed by atoms with Gasteiger partial charge in [-0.05, 0) is 31.0 Å². The van der Waals surface area contributed by atoms with E-state index in [-0.39, 0.29) is 12.1 Å². The molecule has 0 N–H and O–H groups in total. The van der Waals surface area contributed by atoms with Crippen molar-refractivity contribution in [2.24, 2.45) is 0 Å². The van der Waals surface area contributed by atoms with E-state index in [2.05, 4.69) is 0 Å². The van der Waals surface area contributed by atoms with E-state index in [1.807, 2.05) is 31.2 Å². The number of nitro groups is 1. The van der Waals surface area contributed by atoms with Crippen LogP contribution in [0.2, 0.25) is 0 Å². The third-order valence-electron chi connectivity index (χ3n) is 3.48. The van der Waals surface area contributed by atoms with E-state index in [4.69, 9.17) is 4.74 Å². The van der Waals surface area contributed by atoms with Crippen molar-refractivity contribution in [1.82, 2.24) is 0 Å². The van der Waals surface area contributed by atoms with Gasteiger partial charge < -0.3 is 4.74 Å². The average Bonchev–Trinajstić information content (AvgIpc) is 2.49. The SMILES string of the molecule is Cc1ccccc1CC(=O)OC(C)c1ccccc1[N+](=O)[O-]. The summed E-state index contributed by atoms with van der Waals surface area (Å²) in [6, 6.07) is 13.8. The lowest BCUT2D eigenvalue weighted by atomic mass is 10.1. The number of carbonyl (C=O) groups is 1. The molecule has 5 heteroatoms.